The van der Waals surface area contributed by atoms with Crippen LogP contribution in [0, 0.1) is 6.92 Å². The molecule has 164 valence electrons. The summed E-state index contributed by atoms with van der Waals surface area (Å²) in [5, 5.41) is 0.724. The molecule has 1 aliphatic rings. The van der Waals surface area contributed by atoms with Gasteiger partial charge in [0.05, 0.1) is 23.1 Å². The molecule has 32 heavy (non-hydrogen) atoms. The summed E-state index contributed by atoms with van der Waals surface area (Å²) in [5.74, 6) is 2.55. The summed E-state index contributed by atoms with van der Waals surface area (Å²) in [6, 6.07) is 15.7. The number of hydrogen-bond acceptors (Lipinski definition) is 4. The maximum Gasteiger partial charge on any atom is 0.242 e. The zero-order valence-electron chi connectivity index (χ0n) is 18.0. The fraction of sp³-hybridized carbons (Fsp3) is 0.320. The van der Waals surface area contributed by atoms with Crippen molar-refractivity contribution in [3.05, 3.63) is 82.8 Å². The van der Waals surface area contributed by atoms with E-state index in [9.17, 15) is 4.79 Å². The number of oxazole rings is 1. The Balaban J connectivity index is 1.27. The number of piperidine rings is 1. The highest BCUT2D eigenvalue weighted by Gasteiger charge is 2.28. The van der Waals surface area contributed by atoms with Crippen molar-refractivity contribution >= 4 is 28.5 Å². The number of benzene rings is 2. The van der Waals surface area contributed by atoms with Gasteiger partial charge in [-0.05, 0) is 43.5 Å². The van der Waals surface area contributed by atoms with E-state index in [0.717, 1.165) is 52.6 Å². The Morgan fingerprint density at radius 1 is 1.19 bits per heavy atom. The molecule has 4 aromatic rings. The van der Waals surface area contributed by atoms with Gasteiger partial charge in [0.2, 0.25) is 5.91 Å². The molecule has 0 unspecified atom stereocenters. The number of nitrogens with zero attached hydrogens (tertiary/aromatic N) is 4. The molecule has 0 spiro atoms. The SMILES string of the molecule is Cc1nc2ccccc2n1CC(=O)N1CCC[C@H](c2ncc(Cc3ccccc3Cl)o2)C1. The molecule has 1 aliphatic heterocycles. The lowest BCUT2D eigenvalue weighted by molar-refractivity contribution is -0.133. The number of halogens is 1. The van der Waals surface area contributed by atoms with Crippen LogP contribution in [-0.4, -0.2) is 38.4 Å². The molecule has 2 aromatic heterocycles. The number of hydrogen-bond donors (Lipinski definition) is 0. The second-order valence-electron chi connectivity index (χ2n) is 8.35. The van der Waals surface area contributed by atoms with E-state index in [4.69, 9.17) is 16.0 Å². The Bertz CT molecular complexity index is 1260. The average molecular weight is 449 g/mol. The molecule has 0 N–H and O–H groups in total. The highest BCUT2D eigenvalue weighted by molar-refractivity contribution is 6.31. The molecule has 1 saturated heterocycles. The lowest BCUT2D eigenvalue weighted by Gasteiger charge is -2.31. The first kappa shape index (κ1) is 20.8. The predicted molar refractivity (Wildman–Crippen MR) is 124 cm³/mol. The van der Waals surface area contributed by atoms with Gasteiger partial charge in [-0.1, -0.05) is 41.9 Å². The van der Waals surface area contributed by atoms with Crippen LogP contribution < -0.4 is 0 Å². The number of imidazole rings is 1. The van der Waals surface area contributed by atoms with Gasteiger partial charge in [-0.15, -0.1) is 0 Å². The van der Waals surface area contributed by atoms with E-state index in [1.807, 2.05) is 64.9 Å². The van der Waals surface area contributed by atoms with Crippen LogP contribution in [0.2, 0.25) is 5.02 Å². The molecular weight excluding hydrogens is 424 g/mol. The van der Waals surface area contributed by atoms with Crippen molar-refractivity contribution in [1.29, 1.82) is 0 Å². The van der Waals surface area contributed by atoms with E-state index in [1.54, 1.807) is 6.20 Å². The molecule has 5 rings (SSSR count). The third-order valence-electron chi connectivity index (χ3n) is 6.16. The fourth-order valence-electron chi connectivity index (χ4n) is 4.46. The number of likely N-dealkylation sites (tertiary alicyclic amines) is 1. The standard InChI is InChI=1S/C25H25ClN4O2/c1-17-28-22-10-4-5-11-23(22)30(17)16-24(31)29-12-6-8-19(15-29)25-27-14-20(32-25)13-18-7-2-3-9-21(18)26/h2-5,7,9-11,14,19H,6,8,12-13,15-16H2,1H3/t19-/m0/s1. The maximum atomic E-state index is 13.1. The molecule has 7 heteroatoms. The number of aryl methyl sites for hydroxylation is 1. The molecule has 0 saturated carbocycles. The highest BCUT2D eigenvalue weighted by atomic mass is 35.5. The predicted octanol–water partition coefficient (Wildman–Crippen LogP) is 4.98. The summed E-state index contributed by atoms with van der Waals surface area (Å²) in [6.07, 6.45) is 4.28. The first-order valence-corrected chi connectivity index (χ1v) is 11.3. The molecule has 3 heterocycles. The van der Waals surface area contributed by atoms with Gasteiger partial charge in [-0.3, -0.25) is 4.79 Å². The van der Waals surface area contributed by atoms with Gasteiger partial charge in [-0.2, -0.15) is 0 Å². The Labute approximate surface area is 191 Å². The molecule has 1 atom stereocenters. The Morgan fingerprint density at radius 3 is 2.88 bits per heavy atom. The van der Waals surface area contributed by atoms with Crippen molar-refractivity contribution in [2.24, 2.45) is 0 Å². The van der Waals surface area contributed by atoms with E-state index in [-0.39, 0.29) is 11.8 Å². The number of rotatable bonds is 5. The average Bonchev–Trinajstić information content (AvgIpc) is 3.40. The lowest BCUT2D eigenvalue weighted by atomic mass is 9.98. The van der Waals surface area contributed by atoms with Gasteiger partial charge in [-0.25, -0.2) is 9.97 Å². The molecule has 6 nitrogen and oxygen atoms in total. The second-order valence-corrected chi connectivity index (χ2v) is 8.75. The van der Waals surface area contributed by atoms with Crippen LogP contribution in [0.3, 0.4) is 0 Å². The number of carbonyl (C=O) groups excluding carboxylic acids is 1. The van der Waals surface area contributed by atoms with Crippen LogP contribution in [0.15, 0.2) is 59.1 Å². The molecule has 0 radical (unpaired) electrons. The zero-order chi connectivity index (χ0) is 22.1. The monoisotopic (exact) mass is 448 g/mol. The Hall–Kier alpha value is -3.12. The quantitative estimate of drug-likeness (QED) is 0.431. The van der Waals surface area contributed by atoms with Gasteiger partial charge in [0.15, 0.2) is 5.89 Å². The molecule has 0 aliphatic carbocycles. The topological polar surface area (TPSA) is 64.2 Å². The van der Waals surface area contributed by atoms with Crippen molar-refractivity contribution in [3.63, 3.8) is 0 Å². The smallest absolute Gasteiger partial charge is 0.242 e. The van der Waals surface area contributed by atoms with Crippen LogP contribution in [0.25, 0.3) is 11.0 Å². The van der Waals surface area contributed by atoms with Gasteiger partial charge in [0.1, 0.15) is 18.1 Å². The minimum absolute atomic E-state index is 0.101. The summed E-state index contributed by atoms with van der Waals surface area (Å²) in [7, 11) is 0. The van der Waals surface area contributed by atoms with Crippen molar-refractivity contribution in [2.45, 2.75) is 38.6 Å². The van der Waals surface area contributed by atoms with Crippen molar-refractivity contribution in [1.82, 2.24) is 19.4 Å². The number of carbonyl (C=O) groups is 1. The van der Waals surface area contributed by atoms with E-state index < -0.39 is 0 Å². The highest BCUT2D eigenvalue weighted by Crippen LogP contribution is 2.28. The van der Waals surface area contributed by atoms with E-state index >= 15 is 0 Å². The second kappa shape index (κ2) is 8.79. The zero-order valence-corrected chi connectivity index (χ0v) is 18.8. The minimum Gasteiger partial charge on any atom is -0.445 e. The minimum atomic E-state index is 0.101. The van der Waals surface area contributed by atoms with Crippen molar-refractivity contribution < 1.29 is 9.21 Å². The van der Waals surface area contributed by atoms with Crippen molar-refractivity contribution in [2.75, 3.05) is 13.1 Å². The summed E-state index contributed by atoms with van der Waals surface area (Å²) in [5.41, 5.74) is 2.92. The molecular formula is C25H25ClN4O2. The molecule has 0 bridgehead atoms. The van der Waals surface area contributed by atoms with E-state index in [0.29, 0.717) is 25.4 Å². The summed E-state index contributed by atoms with van der Waals surface area (Å²) in [4.78, 5) is 24.2. The molecule has 2 aromatic carbocycles. The first-order valence-electron chi connectivity index (χ1n) is 11.0. The normalized spacial score (nSPS) is 16.6. The third-order valence-corrected chi connectivity index (χ3v) is 6.52. The Morgan fingerprint density at radius 2 is 2.00 bits per heavy atom. The van der Waals surface area contributed by atoms with E-state index in [2.05, 4.69) is 9.97 Å². The van der Waals surface area contributed by atoms with Crippen LogP contribution in [0.5, 0.6) is 0 Å². The van der Waals surface area contributed by atoms with Gasteiger partial charge < -0.3 is 13.9 Å². The number of aromatic nitrogens is 3. The summed E-state index contributed by atoms with van der Waals surface area (Å²) >= 11 is 6.28. The van der Waals surface area contributed by atoms with Gasteiger partial charge in [0, 0.05) is 24.5 Å². The molecule has 1 fully saturated rings. The van der Waals surface area contributed by atoms with Crippen LogP contribution >= 0.6 is 11.6 Å². The van der Waals surface area contributed by atoms with Crippen molar-refractivity contribution in [3.8, 4) is 0 Å². The number of para-hydroxylation sites is 2. The largest absolute Gasteiger partial charge is 0.445 e. The van der Waals surface area contributed by atoms with Gasteiger partial charge >= 0.3 is 0 Å². The molecule has 1 amide bonds. The van der Waals surface area contributed by atoms with Gasteiger partial charge in [0.25, 0.3) is 0 Å². The Kier molecular flexibility index (Phi) is 5.70. The number of fused-ring (bicyclic) bond motifs is 1. The summed E-state index contributed by atoms with van der Waals surface area (Å²) < 4.78 is 8.06. The van der Waals surface area contributed by atoms with Crippen LogP contribution in [-0.2, 0) is 17.8 Å². The van der Waals surface area contributed by atoms with Crippen LogP contribution in [0.1, 0.15) is 41.8 Å². The van der Waals surface area contributed by atoms with Crippen LogP contribution in [0.4, 0.5) is 0 Å². The van der Waals surface area contributed by atoms with E-state index in [1.165, 1.54) is 0 Å². The maximum absolute atomic E-state index is 13.1. The fourth-order valence-corrected chi connectivity index (χ4v) is 4.66. The number of amides is 1. The summed E-state index contributed by atoms with van der Waals surface area (Å²) in [6.45, 7) is 3.62. The lowest BCUT2D eigenvalue weighted by Crippen LogP contribution is -2.41. The first-order chi connectivity index (χ1) is 15.6. The third kappa shape index (κ3) is 4.15.